The summed E-state index contributed by atoms with van der Waals surface area (Å²) in [6.07, 6.45) is 2.29. The molecule has 0 radical (unpaired) electrons. The number of nitrogens with zero attached hydrogens (tertiary/aromatic N) is 2. The number of rotatable bonds is 7. The normalized spacial score (nSPS) is 13.1. The van der Waals surface area contributed by atoms with Gasteiger partial charge in [-0.25, -0.2) is 0 Å². The predicted octanol–water partition coefficient (Wildman–Crippen LogP) is 2.93. The molecule has 0 N–H and O–H groups in total. The van der Waals surface area contributed by atoms with Gasteiger partial charge in [0.15, 0.2) is 5.78 Å². The molecule has 6 nitrogen and oxygen atoms in total. The van der Waals surface area contributed by atoms with E-state index in [1.807, 2.05) is 25.1 Å². The number of carbonyl (C=O) groups is 3. The molecule has 0 bridgehead atoms. The first kappa shape index (κ1) is 20.8. The number of hydrogen-bond acceptors (Lipinski definition) is 4. The summed E-state index contributed by atoms with van der Waals surface area (Å²) in [5, 5.41) is 0. The Morgan fingerprint density at radius 2 is 1.90 bits per heavy atom. The maximum atomic E-state index is 12.8. The van der Waals surface area contributed by atoms with Crippen molar-refractivity contribution in [3.05, 3.63) is 58.4 Å². The van der Waals surface area contributed by atoms with E-state index >= 15 is 0 Å². The van der Waals surface area contributed by atoms with Crippen LogP contribution in [0.5, 0.6) is 0 Å². The molecule has 0 spiro atoms. The highest BCUT2D eigenvalue weighted by atomic mass is 16.5. The summed E-state index contributed by atoms with van der Waals surface area (Å²) in [6.45, 7) is 4.57. The van der Waals surface area contributed by atoms with Gasteiger partial charge in [0.05, 0.1) is 13.0 Å². The Balaban J connectivity index is 1.89. The van der Waals surface area contributed by atoms with E-state index in [2.05, 4.69) is 16.7 Å². The molecule has 1 heterocycles. The standard InChI is InChI=1S/C23H28N2O4/c1-4-29-22(28)15-24(3)21(27)13-18-16(2)25(14-17-9-6-5-7-10-17)19-11-8-12-20(26)23(18)19/h5-7,9-10H,4,8,11-15H2,1-3H3. The van der Waals surface area contributed by atoms with Crippen LogP contribution in [0.25, 0.3) is 0 Å². The Morgan fingerprint density at radius 1 is 1.17 bits per heavy atom. The molecule has 0 saturated carbocycles. The number of aromatic nitrogens is 1. The van der Waals surface area contributed by atoms with Crippen molar-refractivity contribution in [2.24, 2.45) is 0 Å². The molecule has 1 aromatic heterocycles. The number of esters is 1. The van der Waals surface area contributed by atoms with Crippen LogP contribution in [0.2, 0.25) is 0 Å². The van der Waals surface area contributed by atoms with E-state index in [4.69, 9.17) is 4.74 Å². The largest absolute Gasteiger partial charge is 0.465 e. The van der Waals surface area contributed by atoms with Crippen molar-refractivity contribution in [2.45, 2.75) is 46.1 Å². The number of amides is 1. The first-order valence-electron chi connectivity index (χ1n) is 10.1. The van der Waals surface area contributed by atoms with E-state index in [1.165, 1.54) is 4.90 Å². The monoisotopic (exact) mass is 396 g/mol. The van der Waals surface area contributed by atoms with E-state index in [0.29, 0.717) is 18.5 Å². The first-order chi connectivity index (χ1) is 13.9. The van der Waals surface area contributed by atoms with Crippen molar-refractivity contribution in [1.29, 1.82) is 0 Å². The third-order valence-corrected chi connectivity index (χ3v) is 5.46. The fraction of sp³-hybridized carbons (Fsp3) is 0.435. The van der Waals surface area contributed by atoms with Gasteiger partial charge in [0.1, 0.15) is 6.54 Å². The topological polar surface area (TPSA) is 68.6 Å². The Kier molecular flexibility index (Phi) is 6.52. The Labute approximate surface area is 171 Å². The molecular weight excluding hydrogens is 368 g/mol. The number of carbonyl (C=O) groups excluding carboxylic acids is 3. The summed E-state index contributed by atoms with van der Waals surface area (Å²) in [6, 6.07) is 10.1. The average Bonchev–Trinajstić information content (AvgIpc) is 2.95. The second kappa shape index (κ2) is 9.07. The number of ether oxygens (including phenoxy) is 1. The SMILES string of the molecule is CCOC(=O)CN(C)C(=O)Cc1c2c(n(Cc3ccccc3)c1C)CCCC2=O. The van der Waals surface area contributed by atoms with Gasteiger partial charge in [-0.1, -0.05) is 30.3 Å². The zero-order valence-corrected chi connectivity index (χ0v) is 17.4. The highest BCUT2D eigenvalue weighted by Gasteiger charge is 2.29. The van der Waals surface area contributed by atoms with Crippen molar-refractivity contribution in [3.8, 4) is 0 Å². The first-order valence-corrected chi connectivity index (χ1v) is 10.1. The van der Waals surface area contributed by atoms with Gasteiger partial charge >= 0.3 is 5.97 Å². The molecule has 2 aromatic rings. The van der Waals surface area contributed by atoms with Crippen LogP contribution < -0.4 is 0 Å². The van der Waals surface area contributed by atoms with Crippen LogP contribution in [0.3, 0.4) is 0 Å². The summed E-state index contributed by atoms with van der Waals surface area (Å²) >= 11 is 0. The second-order valence-electron chi connectivity index (χ2n) is 7.47. The molecule has 3 rings (SSSR count). The Hall–Kier alpha value is -2.89. The molecule has 29 heavy (non-hydrogen) atoms. The lowest BCUT2D eigenvalue weighted by Crippen LogP contribution is -2.34. The number of Topliss-reactive ketones (excluding diaryl/α,β-unsaturated/α-hetero) is 1. The van der Waals surface area contributed by atoms with Gasteiger partial charge in [0, 0.05) is 37.0 Å². The fourth-order valence-electron chi connectivity index (χ4n) is 3.96. The molecule has 1 aliphatic carbocycles. The third-order valence-electron chi connectivity index (χ3n) is 5.46. The summed E-state index contributed by atoms with van der Waals surface area (Å²) in [5.74, 6) is -0.518. The lowest BCUT2D eigenvalue weighted by molar-refractivity contribution is -0.147. The highest BCUT2D eigenvalue weighted by Crippen LogP contribution is 2.31. The van der Waals surface area contributed by atoms with Gasteiger partial charge in [-0.2, -0.15) is 0 Å². The van der Waals surface area contributed by atoms with Crippen molar-refractivity contribution in [1.82, 2.24) is 9.47 Å². The highest BCUT2D eigenvalue weighted by molar-refractivity contribution is 6.01. The number of fused-ring (bicyclic) bond motifs is 1. The van der Waals surface area contributed by atoms with E-state index in [1.54, 1.807) is 14.0 Å². The van der Waals surface area contributed by atoms with E-state index in [0.717, 1.165) is 35.4 Å². The number of likely N-dealkylation sites (N-methyl/N-ethyl adjacent to an activating group) is 1. The van der Waals surface area contributed by atoms with Crippen molar-refractivity contribution in [3.63, 3.8) is 0 Å². The van der Waals surface area contributed by atoms with E-state index in [-0.39, 0.29) is 31.3 Å². The van der Waals surface area contributed by atoms with Crippen LogP contribution in [0.1, 0.15) is 52.6 Å². The smallest absolute Gasteiger partial charge is 0.325 e. The molecule has 1 amide bonds. The summed E-state index contributed by atoms with van der Waals surface area (Å²) < 4.78 is 7.10. The Morgan fingerprint density at radius 3 is 2.59 bits per heavy atom. The summed E-state index contributed by atoms with van der Waals surface area (Å²) in [7, 11) is 1.59. The van der Waals surface area contributed by atoms with Crippen LogP contribution in [-0.2, 0) is 33.7 Å². The minimum Gasteiger partial charge on any atom is -0.465 e. The molecule has 0 aliphatic heterocycles. The van der Waals surface area contributed by atoms with Crippen LogP contribution >= 0.6 is 0 Å². The van der Waals surface area contributed by atoms with Gasteiger partial charge in [0.2, 0.25) is 5.91 Å². The lowest BCUT2D eigenvalue weighted by Gasteiger charge is -2.17. The minimum absolute atomic E-state index is 0.0907. The molecule has 0 atom stereocenters. The number of hydrogen-bond donors (Lipinski definition) is 0. The molecule has 1 aliphatic rings. The van der Waals surface area contributed by atoms with Gasteiger partial charge in [-0.3, -0.25) is 14.4 Å². The molecule has 0 fully saturated rings. The number of benzene rings is 1. The fourth-order valence-corrected chi connectivity index (χ4v) is 3.96. The zero-order chi connectivity index (χ0) is 21.0. The van der Waals surface area contributed by atoms with E-state index in [9.17, 15) is 14.4 Å². The van der Waals surface area contributed by atoms with Crippen LogP contribution in [0.15, 0.2) is 30.3 Å². The summed E-state index contributed by atoms with van der Waals surface area (Å²) in [5.41, 5.74) is 4.64. The quantitative estimate of drug-likeness (QED) is 0.675. The van der Waals surface area contributed by atoms with Gasteiger partial charge < -0.3 is 14.2 Å². The van der Waals surface area contributed by atoms with Gasteiger partial charge in [-0.05, 0) is 37.8 Å². The van der Waals surface area contributed by atoms with Crippen LogP contribution in [0, 0.1) is 6.92 Å². The second-order valence-corrected chi connectivity index (χ2v) is 7.47. The molecule has 1 aromatic carbocycles. The van der Waals surface area contributed by atoms with Crippen molar-refractivity contribution in [2.75, 3.05) is 20.2 Å². The molecule has 6 heteroatoms. The lowest BCUT2D eigenvalue weighted by atomic mass is 9.92. The zero-order valence-electron chi connectivity index (χ0n) is 17.4. The maximum Gasteiger partial charge on any atom is 0.325 e. The predicted molar refractivity (Wildman–Crippen MR) is 110 cm³/mol. The molecule has 0 saturated heterocycles. The van der Waals surface area contributed by atoms with Crippen molar-refractivity contribution >= 4 is 17.7 Å². The minimum atomic E-state index is -0.431. The molecule has 0 unspecified atom stereocenters. The third kappa shape index (κ3) is 4.58. The van der Waals surface area contributed by atoms with Crippen molar-refractivity contribution < 1.29 is 19.1 Å². The number of ketones is 1. The maximum absolute atomic E-state index is 12.8. The van der Waals surface area contributed by atoms with Gasteiger partial charge in [-0.15, -0.1) is 0 Å². The van der Waals surface area contributed by atoms with Crippen LogP contribution in [0.4, 0.5) is 0 Å². The molecular formula is C23H28N2O4. The van der Waals surface area contributed by atoms with Gasteiger partial charge in [0.25, 0.3) is 0 Å². The average molecular weight is 396 g/mol. The van der Waals surface area contributed by atoms with E-state index < -0.39 is 5.97 Å². The summed E-state index contributed by atoms with van der Waals surface area (Å²) in [4.78, 5) is 38.6. The Bertz CT molecular complexity index is 915. The molecule has 154 valence electrons. The van der Waals surface area contributed by atoms with Crippen LogP contribution in [-0.4, -0.2) is 47.3 Å².